The smallest absolute Gasteiger partial charge is 0.242 e. The summed E-state index contributed by atoms with van der Waals surface area (Å²) in [5.41, 5.74) is 0. The molecule has 39 heavy (non-hydrogen) atoms. The third-order valence-corrected chi connectivity index (χ3v) is 10.2. The van der Waals surface area contributed by atoms with Gasteiger partial charge in [-0.2, -0.15) is 4.72 Å². The van der Waals surface area contributed by atoms with Gasteiger partial charge in [0.25, 0.3) is 0 Å². The second kappa shape index (κ2) is 12.3. The van der Waals surface area contributed by atoms with Crippen molar-refractivity contribution in [1.82, 2.24) is 24.3 Å². The number of carbonyl (C=O) groups is 3. The minimum atomic E-state index is -3.85. The predicted octanol–water partition coefficient (Wildman–Crippen LogP) is 1.83. The molecule has 5 rings (SSSR count). The molecule has 3 amide bonds. The topological polar surface area (TPSA) is 110 Å². The minimum Gasteiger partial charge on any atom is -0.340 e. The molecule has 13 heteroatoms. The third-order valence-electron chi connectivity index (χ3n) is 7.95. The highest BCUT2D eigenvalue weighted by molar-refractivity contribution is 7.92. The average Bonchev–Trinajstić information content (AvgIpc) is 3.52. The molecule has 0 radical (unpaired) electrons. The lowest BCUT2D eigenvalue weighted by atomic mass is 10.1. The number of nitrogens with one attached hydrogen (secondary N) is 1. The minimum absolute atomic E-state index is 0.0409. The average molecular weight is 598 g/mol. The van der Waals surface area contributed by atoms with E-state index in [-0.39, 0.29) is 30.3 Å². The van der Waals surface area contributed by atoms with Gasteiger partial charge in [0.05, 0.1) is 10.9 Å². The molecule has 0 bridgehead atoms. The maximum Gasteiger partial charge on any atom is 0.242 e. The maximum absolute atomic E-state index is 13.3. The van der Waals surface area contributed by atoms with E-state index >= 15 is 0 Å². The Bertz CT molecular complexity index is 1210. The van der Waals surface area contributed by atoms with Gasteiger partial charge in [-0.25, -0.2) is 8.42 Å². The summed E-state index contributed by atoms with van der Waals surface area (Å²) in [6.07, 6.45) is 6.35. The van der Waals surface area contributed by atoms with E-state index in [2.05, 4.69) is 9.62 Å². The largest absolute Gasteiger partial charge is 0.340 e. The molecule has 0 unspecified atom stereocenters. The molecule has 1 aliphatic carbocycles. The number of thiophene rings is 1. The summed E-state index contributed by atoms with van der Waals surface area (Å²) in [5, 5.41) is 1.04. The van der Waals surface area contributed by atoms with Crippen LogP contribution in [0.25, 0.3) is 6.08 Å². The molecule has 1 N–H and O–H groups in total. The summed E-state index contributed by atoms with van der Waals surface area (Å²) in [6, 6.07) is 2.61. The van der Waals surface area contributed by atoms with Crippen LogP contribution in [0.4, 0.5) is 0 Å². The highest BCUT2D eigenvalue weighted by Gasteiger charge is 2.37. The predicted molar refractivity (Wildman–Crippen MR) is 150 cm³/mol. The summed E-state index contributed by atoms with van der Waals surface area (Å²) in [4.78, 5) is 47.1. The molecular weight excluding hydrogens is 562 g/mol. The van der Waals surface area contributed by atoms with Crippen molar-refractivity contribution in [3.8, 4) is 0 Å². The van der Waals surface area contributed by atoms with E-state index in [1.165, 1.54) is 22.3 Å². The molecule has 2 atom stereocenters. The molecule has 4 fully saturated rings. The van der Waals surface area contributed by atoms with Crippen LogP contribution in [0.2, 0.25) is 4.34 Å². The van der Waals surface area contributed by atoms with Crippen LogP contribution >= 0.6 is 22.9 Å². The lowest BCUT2D eigenvalue weighted by molar-refractivity contribution is -0.143. The monoisotopic (exact) mass is 597 g/mol. The van der Waals surface area contributed by atoms with Crippen molar-refractivity contribution in [3.63, 3.8) is 0 Å². The van der Waals surface area contributed by atoms with Crippen LogP contribution in [-0.2, 0) is 24.4 Å². The Morgan fingerprint density at radius 3 is 2.46 bits per heavy atom. The Hall–Kier alpha value is -1.99. The molecule has 4 heterocycles. The molecule has 0 aromatic carbocycles. The zero-order valence-electron chi connectivity index (χ0n) is 22.0. The van der Waals surface area contributed by atoms with Crippen molar-refractivity contribution in [2.24, 2.45) is 5.92 Å². The first-order chi connectivity index (χ1) is 18.7. The summed E-state index contributed by atoms with van der Waals surface area (Å²) >= 11 is 7.16. The number of rotatable bonds is 9. The van der Waals surface area contributed by atoms with Crippen molar-refractivity contribution in [3.05, 3.63) is 26.8 Å². The Morgan fingerprint density at radius 2 is 1.77 bits per heavy atom. The molecule has 214 valence electrons. The van der Waals surface area contributed by atoms with Crippen LogP contribution in [0.15, 0.2) is 17.5 Å². The van der Waals surface area contributed by atoms with E-state index in [1.54, 1.807) is 12.1 Å². The van der Waals surface area contributed by atoms with E-state index in [0.717, 1.165) is 63.8 Å². The summed E-state index contributed by atoms with van der Waals surface area (Å²) in [6.45, 7) is 4.95. The van der Waals surface area contributed by atoms with E-state index in [9.17, 15) is 22.8 Å². The van der Waals surface area contributed by atoms with Crippen molar-refractivity contribution in [1.29, 1.82) is 0 Å². The summed E-state index contributed by atoms with van der Waals surface area (Å²) in [7, 11) is -3.85. The first-order valence-corrected chi connectivity index (χ1v) is 16.5. The number of likely N-dealkylation sites (tertiary alicyclic amines) is 2. The highest BCUT2D eigenvalue weighted by Crippen LogP contribution is 2.31. The number of amides is 3. The fraction of sp³-hybridized carbons (Fsp3) is 0.654. The number of piperidine rings is 1. The Kier molecular flexibility index (Phi) is 8.97. The number of halogens is 1. The number of carbonyl (C=O) groups excluding carboxylic acids is 3. The van der Waals surface area contributed by atoms with Crippen LogP contribution in [0.5, 0.6) is 0 Å². The number of hydrogen-bond acceptors (Lipinski definition) is 7. The lowest BCUT2D eigenvalue weighted by Gasteiger charge is -2.38. The molecule has 1 aromatic heterocycles. The molecule has 3 saturated heterocycles. The number of hydrogen-bond donors (Lipinski definition) is 1. The molecule has 4 aliphatic rings. The van der Waals surface area contributed by atoms with Crippen LogP contribution in [0, 0.1) is 5.92 Å². The molecule has 1 aromatic rings. The SMILES string of the molecule is O=C(C1CC1)N1CCN(C[C@@H]2CCCN2C(=O)CN2CCC[C@H](NS(=O)(=O)C=Cc3ccc(Cl)s3)C2=O)CC1. The van der Waals surface area contributed by atoms with Crippen LogP contribution < -0.4 is 4.72 Å². The van der Waals surface area contributed by atoms with Gasteiger partial charge in [0, 0.05) is 68.1 Å². The van der Waals surface area contributed by atoms with Crippen molar-refractivity contribution < 1.29 is 22.8 Å². The molecule has 10 nitrogen and oxygen atoms in total. The van der Waals surface area contributed by atoms with E-state index < -0.39 is 16.1 Å². The fourth-order valence-corrected chi connectivity index (χ4v) is 7.73. The lowest BCUT2D eigenvalue weighted by Crippen LogP contribution is -2.56. The summed E-state index contributed by atoms with van der Waals surface area (Å²) in [5.74, 6) is 0.0843. The van der Waals surface area contributed by atoms with Gasteiger partial charge in [-0.3, -0.25) is 19.3 Å². The maximum atomic E-state index is 13.3. The first-order valence-electron chi connectivity index (χ1n) is 13.7. The highest BCUT2D eigenvalue weighted by atomic mass is 35.5. The zero-order chi connectivity index (χ0) is 27.6. The fourth-order valence-electron chi connectivity index (χ4n) is 5.66. The molecule has 3 aliphatic heterocycles. The molecule has 1 saturated carbocycles. The molecular formula is C26H36ClN5O5S2. The van der Waals surface area contributed by atoms with Gasteiger partial charge >= 0.3 is 0 Å². The van der Waals surface area contributed by atoms with Crippen LogP contribution in [0.3, 0.4) is 0 Å². The quantitative estimate of drug-likeness (QED) is 0.465. The third kappa shape index (κ3) is 7.40. The summed E-state index contributed by atoms with van der Waals surface area (Å²) < 4.78 is 28.2. The first kappa shape index (κ1) is 28.5. The van der Waals surface area contributed by atoms with Crippen LogP contribution in [-0.4, -0.2) is 110 Å². The Morgan fingerprint density at radius 1 is 1.03 bits per heavy atom. The van der Waals surface area contributed by atoms with Gasteiger partial charge in [0.2, 0.25) is 27.7 Å². The van der Waals surface area contributed by atoms with Crippen molar-refractivity contribution in [2.45, 2.75) is 50.6 Å². The second-order valence-corrected chi connectivity index (χ2v) is 14.2. The van der Waals surface area contributed by atoms with Gasteiger partial charge in [-0.15, -0.1) is 11.3 Å². The van der Waals surface area contributed by atoms with Crippen LogP contribution in [0.1, 0.15) is 43.4 Å². The van der Waals surface area contributed by atoms with Gasteiger partial charge in [0.1, 0.15) is 6.04 Å². The number of nitrogens with zero attached hydrogens (tertiary/aromatic N) is 4. The van der Waals surface area contributed by atoms with Gasteiger partial charge in [-0.1, -0.05) is 11.6 Å². The van der Waals surface area contributed by atoms with Crippen molar-refractivity contribution in [2.75, 3.05) is 52.4 Å². The standard InChI is InChI=1S/C26H36ClN5O5S2/c27-23-8-7-21(38-23)9-16-39(36,37)28-22-4-2-10-31(26(22)35)18-24(33)32-11-1-3-20(32)17-29-12-14-30(15-13-29)25(34)19-5-6-19/h7-9,16,19-20,22,28H,1-6,10-15,17-18H2/t20-,22-/m0/s1. The number of piperazine rings is 1. The second-order valence-electron chi connectivity index (χ2n) is 10.8. The zero-order valence-corrected chi connectivity index (χ0v) is 24.4. The number of sulfonamides is 1. The Balaban J connectivity index is 1.11. The van der Waals surface area contributed by atoms with Gasteiger partial charge in [-0.05, 0) is 56.7 Å². The van der Waals surface area contributed by atoms with Gasteiger partial charge < -0.3 is 14.7 Å². The molecule has 0 spiro atoms. The normalized spacial score (nSPS) is 25.2. The van der Waals surface area contributed by atoms with E-state index in [1.807, 2.05) is 9.80 Å². The van der Waals surface area contributed by atoms with E-state index in [0.29, 0.717) is 41.1 Å². The van der Waals surface area contributed by atoms with Gasteiger partial charge in [0.15, 0.2) is 0 Å². The van der Waals surface area contributed by atoms with Crippen molar-refractivity contribution >= 4 is 56.8 Å². The Labute approximate surface area is 239 Å². The van der Waals surface area contributed by atoms with E-state index in [4.69, 9.17) is 11.6 Å².